The summed E-state index contributed by atoms with van der Waals surface area (Å²) in [5, 5.41) is 0. The molecule has 1 aliphatic heterocycles. The standard InChI is InChI=1S/C25H31N3O2/c1-26(2)17-19-3-5-20(6-4-19)21-7-9-22(10-8-21)25(30)28(23-11-12-23)24-13-15-27(18-29)16-14-24/h3-10,18,23-24H,11-17H2,1-2H3. The van der Waals surface area contributed by atoms with E-state index in [1.54, 1.807) is 0 Å². The fraction of sp³-hybridized carbons (Fsp3) is 0.440. The second kappa shape index (κ2) is 9.00. The van der Waals surface area contributed by atoms with Crippen LogP contribution in [0.2, 0.25) is 0 Å². The predicted octanol–water partition coefficient (Wildman–Crippen LogP) is 3.64. The van der Waals surface area contributed by atoms with Gasteiger partial charge in [0.25, 0.3) is 5.91 Å². The van der Waals surface area contributed by atoms with Crippen LogP contribution in [0, 0.1) is 0 Å². The molecular weight excluding hydrogens is 374 g/mol. The van der Waals surface area contributed by atoms with Crippen LogP contribution in [0.5, 0.6) is 0 Å². The molecule has 4 rings (SSSR count). The summed E-state index contributed by atoms with van der Waals surface area (Å²) in [6.07, 6.45) is 4.86. The Morgan fingerprint density at radius 3 is 1.93 bits per heavy atom. The van der Waals surface area contributed by atoms with Crippen LogP contribution in [-0.4, -0.2) is 66.3 Å². The molecule has 2 aromatic carbocycles. The smallest absolute Gasteiger partial charge is 0.254 e. The topological polar surface area (TPSA) is 43.9 Å². The van der Waals surface area contributed by atoms with Crippen molar-refractivity contribution in [1.82, 2.24) is 14.7 Å². The molecule has 158 valence electrons. The van der Waals surface area contributed by atoms with E-state index in [2.05, 4.69) is 48.2 Å². The van der Waals surface area contributed by atoms with Crippen molar-refractivity contribution in [3.05, 3.63) is 59.7 Å². The molecule has 0 N–H and O–H groups in total. The van der Waals surface area contributed by atoms with Gasteiger partial charge in [-0.3, -0.25) is 9.59 Å². The van der Waals surface area contributed by atoms with Crippen molar-refractivity contribution in [2.45, 2.75) is 44.3 Å². The minimum absolute atomic E-state index is 0.134. The van der Waals surface area contributed by atoms with Gasteiger partial charge in [0.2, 0.25) is 6.41 Å². The Hall–Kier alpha value is -2.66. The highest BCUT2D eigenvalue weighted by atomic mass is 16.2. The van der Waals surface area contributed by atoms with Crippen molar-refractivity contribution in [2.24, 2.45) is 0 Å². The minimum Gasteiger partial charge on any atom is -0.345 e. The highest BCUT2D eigenvalue weighted by molar-refractivity contribution is 5.95. The van der Waals surface area contributed by atoms with Crippen molar-refractivity contribution in [3.8, 4) is 11.1 Å². The average Bonchev–Trinajstić information content (AvgIpc) is 3.60. The molecule has 0 bridgehead atoms. The zero-order chi connectivity index (χ0) is 21.1. The summed E-state index contributed by atoms with van der Waals surface area (Å²) in [5.74, 6) is 0.134. The molecular formula is C25H31N3O2. The summed E-state index contributed by atoms with van der Waals surface area (Å²) < 4.78 is 0. The van der Waals surface area contributed by atoms with Crippen molar-refractivity contribution in [2.75, 3.05) is 27.2 Å². The van der Waals surface area contributed by atoms with Gasteiger partial charge in [0.15, 0.2) is 0 Å². The minimum atomic E-state index is 0.134. The summed E-state index contributed by atoms with van der Waals surface area (Å²) in [4.78, 5) is 30.4. The van der Waals surface area contributed by atoms with Gasteiger partial charge in [-0.25, -0.2) is 0 Å². The van der Waals surface area contributed by atoms with Gasteiger partial charge in [0.05, 0.1) is 0 Å². The van der Waals surface area contributed by atoms with Crippen molar-refractivity contribution in [3.63, 3.8) is 0 Å². The van der Waals surface area contributed by atoms with Gasteiger partial charge >= 0.3 is 0 Å². The van der Waals surface area contributed by atoms with Crippen molar-refractivity contribution < 1.29 is 9.59 Å². The maximum absolute atomic E-state index is 13.3. The fourth-order valence-electron chi connectivity index (χ4n) is 4.37. The van der Waals surface area contributed by atoms with Gasteiger partial charge in [0.1, 0.15) is 0 Å². The molecule has 0 aromatic heterocycles. The largest absolute Gasteiger partial charge is 0.345 e. The second-order valence-corrected chi connectivity index (χ2v) is 8.83. The fourth-order valence-corrected chi connectivity index (χ4v) is 4.37. The molecule has 2 amide bonds. The zero-order valence-electron chi connectivity index (χ0n) is 18.0. The molecule has 5 nitrogen and oxygen atoms in total. The third kappa shape index (κ3) is 4.73. The van der Waals surface area contributed by atoms with Crippen LogP contribution < -0.4 is 0 Å². The SMILES string of the molecule is CN(C)Cc1ccc(-c2ccc(C(=O)N(C3CC3)C3CCN(C=O)CC3)cc2)cc1. The second-order valence-electron chi connectivity index (χ2n) is 8.83. The Labute approximate surface area is 179 Å². The summed E-state index contributed by atoms with van der Waals surface area (Å²) in [6.45, 7) is 2.41. The normalized spacial score (nSPS) is 17.2. The number of rotatable bonds is 7. The highest BCUT2D eigenvalue weighted by Crippen LogP contribution is 2.33. The van der Waals surface area contributed by atoms with Gasteiger partial charge in [-0.15, -0.1) is 0 Å². The molecule has 0 spiro atoms. The number of carbonyl (C=O) groups is 2. The maximum atomic E-state index is 13.3. The maximum Gasteiger partial charge on any atom is 0.254 e. The Morgan fingerprint density at radius 2 is 1.43 bits per heavy atom. The lowest BCUT2D eigenvalue weighted by Crippen LogP contribution is -2.48. The number of hydrogen-bond acceptors (Lipinski definition) is 3. The number of nitrogens with zero attached hydrogens (tertiary/aromatic N) is 3. The lowest BCUT2D eigenvalue weighted by atomic mass is 10.00. The quantitative estimate of drug-likeness (QED) is 0.661. The highest BCUT2D eigenvalue weighted by Gasteiger charge is 2.38. The van der Waals surface area contributed by atoms with E-state index in [0.717, 1.165) is 68.4 Å². The molecule has 2 aliphatic rings. The van der Waals surface area contributed by atoms with E-state index in [1.807, 2.05) is 29.2 Å². The number of carbonyl (C=O) groups excluding carboxylic acids is 2. The molecule has 30 heavy (non-hydrogen) atoms. The van der Waals surface area contributed by atoms with Crippen LogP contribution >= 0.6 is 0 Å². The first-order chi connectivity index (χ1) is 14.5. The van der Waals surface area contributed by atoms with Crippen molar-refractivity contribution in [1.29, 1.82) is 0 Å². The number of likely N-dealkylation sites (tertiary alicyclic amines) is 1. The molecule has 5 heteroatoms. The Kier molecular flexibility index (Phi) is 6.18. The molecule has 1 saturated carbocycles. The van der Waals surface area contributed by atoms with Crippen LogP contribution in [-0.2, 0) is 11.3 Å². The van der Waals surface area contributed by atoms with Crippen molar-refractivity contribution >= 4 is 12.3 Å². The number of hydrogen-bond donors (Lipinski definition) is 0. The van der Waals surface area contributed by atoms with Crippen LogP contribution in [0.3, 0.4) is 0 Å². The first-order valence-corrected chi connectivity index (χ1v) is 10.9. The zero-order valence-corrected chi connectivity index (χ0v) is 18.0. The van der Waals surface area contributed by atoms with Gasteiger partial charge in [-0.1, -0.05) is 36.4 Å². The van der Waals surface area contributed by atoms with Gasteiger partial charge in [-0.2, -0.15) is 0 Å². The van der Waals surface area contributed by atoms with Crippen LogP contribution in [0.4, 0.5) is 0 Å². The number of benzene rings is 2. The van der Waals surface area contributed by atoms with Gasteiger partial charge in [0, 0.05) is 37.3 Å². The monoisotopic (exact) mass is 405 g/mol. The van der Waals surface area contributed by atoms with Crippen LogP contribution in [0.25, 0.3) is 11.1 Å². The molecule has 2 aromatic rings. The lowest BCUT2D eigenvalue weighted by molar-refractivity contribution is -0.119. The van der Waals surface area contributed by atoms with E-state index in [9.17, 15) is 9.59 Å². The molecule has 0 radical (unpaired) electrons. The van der Waals surface area contributed by atoms with E-state index >= 15 is 0 Å². The first kappa shape index (κ1) is 20.6. The first-order valence-electron chi connectivity index (χ1n) is 10.9. The Balaban J connectivity index is 1.46. The Bertz CT molecular complexity index is 864. The van der Waals surface area contributed by atoms with Crippen LogP contribution in [0.1, 0.15) is 41.6 Å². The van der Waals surface area contributed by atoms with E-state index in [1.165, 1.54) is 5.56 Å². The molecule has 2 fully saturated rings. The van der Waals surface area contributed by atoms with Gasteiger partial charge < -0.3 is 14.7 Å². The number of amides is 2. The molecule has 0 unspecified atom stereocenters. The lowest BCUT2D eigenvalue weighted by Gasteiger charge is -2.37. The summed E-state index contributed by atoms with van der Waals surface area (Å²) in [7, 11) is 4.14. The van der Waals surface area contributed by atoms with Crippen LogP contribution in [0.15, 0.2) is 48.5 Å². The van der Waals surface area contributed by atoms with Gasteiger partial charge in [-0.05, 0) is 68.6 Å². The summed E-state index contributed by atoms with van der Waals surface area (Å²) in [6, 6.07) is 17.2. The van der Waals surface area contributed by atoms with E-state index in [0.29, 0.717) is 6.04 Å². The number of piperidine rings is 1. The predicted molar refractivity (Wildman–Crippen MR) is 119 cm³/mol. The summed E-state index contributed by atoms with van der Waals surface area (Å²) >= 11 is 0. The van der Waals surface area contributed by atoms with E-state index in [4.69, 9.17) is 0 Å². The Morgan fingerprint density at radius 1 is 0.900 bits per heavy atom. The third-order valence-electron chi connectivity index (χ3n) is 6.13. The van der Waals surface area contributed by atoms with E-state index < -0.39 is 0 Å². The summed E-state index contributed by atoms with van der Waals surface area (Å²) in [5.41, 5.74) is 4.33. The van der Waals surface area contributed by atoms with E-state index in [-0.39, 0.29) is 11.9 Å². The third-order valence-corrected chi connectivity index (χ3v) is 6.13. The molecule has 1 heterocycles. The average molecular weight is 406 g/mol. The molecule has 1 saturated heterocycles. The molecule has 0 atom stereocenters. The molecule has 1 aliphatic carbocycles.